The summed E-state index contributed by atoms with van der Waals surface area (Å²) < 4.78 is 0. The van der Waals surface area contributed by atoms with Crippen LogP contribution in [0.2, 0.25) is 0 Å². The molecule has 0 aliphatic heterocycles. The van der Waals surface area contributed by atoms with E-state index in [1.54, 1.807) is 0 Å². The summed E-state index contributed by atoms with van der Waals surface area (Å²) in [5, 5.41) is 3.87. The molecule has 3 nitrogen and oxygen atoms in total. The molecule has 0 radical (unpaired) electrons. The number of ketones is 1. The third-order valence-corrected chi connectivity index (χ3v) is 5.57. The molecule has 2 saturated carbocycles. The Morgan fingerprint density at radius 2 is 1.88 bits per heavy atom. The van der Waals surface area contributed by atoms with E-state index >= 15 is 0 Å². The SMILES string of the molecule is CC(C)CC(C)NC1CC(CN=C2CCCC(=O)CC2)C[C@@H](C)C1. The van der Waals surface area contributed by atoms with Gasteiger partial charge in [-0.2, -0.15) is 0 Å². The Morgan fingerprint density at radius 3 is 2.62 bits per heavy atom. The van der Waals surface area contributed by atoms with Gasteiger partial charge in [0.05, 0.1) is 0 Å². The number of carbonyl (C=O) groups excluding carboxylic acids is 1. The van der Waals surface area contributed by atoms with E-state index in [1.165, 1.54) is 31.4 Å². The topological polar surface area (TPSA) is 41.5 Å². The Morgan fingerprint density at radius 1 is 1.08 bits per heavy atom. The Balaban J connectivity index is 1.82. The first-order valence-electron chi connectivity index (χ1n) is 10.2. The van der Waals surface area contributed by atoms with Gasteiger partial charge in [-0.15, -0.1) is 0 Å². The zero-order valence-corrected chi connectivity index (χ0v) is 16.3. The van der Waals surface area contributed by atoms with Gasteiger partial charge < -0.3 is 5.32 Å². The minimum absolute atomic E-state index is 0.426. The van der Waals surface area contributed by atoms with Crippen LogP contribution in [-0.4, -0.2) is 30.1 Å². The second-order valence-electron chi connectivity index (χ2n) is 8.87. The fourth-order valence-electron chi connectivity index (χ4n) is 4.65. The van der Waals surface area contributed by atoms with Crippen molar-refractivity contribution in [1.82, 2.24) is 5.32 Å². The highest BCUT2D eigenvalue weighted by molar-refractivity contribution is 5.91. The van der Waals surface area contributed by atoms with E-state index in [4.69, 9.17) is 4.99 Å². The van der Waals surface area contributed by atoms with E-state index in [1.807, 2.05) is 0 Å². The lowest BCUT2D eigenvalue weighted by Gasteiger charge is -2.35. The number of hydrogen-bond acceptors (Lipinski definition) is 3. The molecular weight excluding hydrogens is 296 g/mol. The van der Waals surface area contributed by atoms with E-state index in [0.717, 1.165) is 50.5 Å². The van der Waals surface area contributed by atoms with Gasteiger partial charge in [0.25, 0.3) is 0 Å². The summed E-state index contributed by atoms with van der Waals surface area (Å²) in [4.78, 5) is 16.5. The largest absolute Gasteiger partial charge is 0.311 e. The Bertz CT molecular complexity index is 430. The van der Waals surface area contributed by atoms with E-state index in [0.29, 0.717) is 23.8 Å². The number of aliphatic imine (C=N–C) groups is 1. The van der Waals surface area contributed by atoms with Crippen molar-refractivity contribution in [3.05, 3.63) is 0 Å². The monoisotopic (exact) mass is 334 g/mol. The Labute approximate surface area is 149 Å². The quantitative estimate of drug-likeness (QED) is 0.710. The fourth-order valence-corrected chi connectivity index (χ4v) is 4.65. The van der Waals surface area contributed by atoms with E-state index < -0.39 is 0 Å². The van der Waals surface area contributed by atoms with Crippen molar-refractivity contribution in [2.75, 3.05) is 6.54 Å². The summed E-state index contributed by atoms with van der Waals surface area (Å²) in [6.07, 6.45) is 9.59. The predicted molar refractivity (Wildman–Crippen MR) is 103 cm³/mol. The zero-order valence-electron chi connectivity index (χ0n) is 16.3. The maximum absolute atomic E-state index is 11.5. The molecule has 2 aliphatic carbocycles. The average molecular weight is 335 g/mol. The lowest BCUT2D eigenvalue weighted by atomic mass is 9.79. The smallest absolute Gasteiger partial charge is 0.133 e. The molecule has 1 N–H and O–H groups in total. The summed E-state index contributed by atoms with van der Waals surface area (Å²) in [5.74, 6) is 2.69. The molecule has 3 unspecified atom stereocenters. The number of hydrogen-bond donors (Lipinski definition) is 1. The van der Waals surface area contributed by atoms with Crippen molar-refractivity contribution in [3.8, 4) is 0 Å². The lowest BCUT2D eigenvalue weighted by molar-refractivity contribution is -0.118. The Kier molecular flexibility index (Phi) is 7.93. The van der Waals surface area contributed by atoms with Gasteiger partial charge in [-0.05, 0) is 69.6 Å². The molecule has 0 amide bonds. The second kappa shape index (κ2) is 9.70. The van der Waals surface area contributed by atoms with Crippen LogP contribution in [0.15, 0.2) is 4.99 Å². The summed E-state index contributed by atoms with van der Waals surface area (Å²) >= 11 is 0. The van der Waals surface area contributed by atoms with Crippen LogP contribution in [0.25, 0.3) is 0 Å². The number of nitrogens with zero attached hydrogens (tertiary/aromatic N) is 1. The molecule has 0 bridgehead atoms. The van der Waals surface area contributed by atoms with E-state index in [-0.39, 0.29) is 0 Å². The highest BCUT2D eigenvalue weighted by Crippen LogP contribution is 2.30. The van der Waals surface area contributed by atoms with Crippen molar-refractivity contribution >= 4 is 11.5 Å². The first-order chi connectivity index (χ1) is 11.4. The normalized spacial score (nSPS) is 32.1. The number of rotatable bonds is 6. The molecule has 2 rings (SSSR count). The molecule has 3 heteroatoms. The molecule has 24 heavy (non-hydrogen) atoms. The fraction of sp³-hybridized carbons (Fsp3) is 0.905. The minimum Gasteiger partial charge on any atom is -0.311 e. The van der Waals surface area contributed by atoms with E-state index in [2.05, 4.69) is 33.0 Å². The summed E-state index contributed by atoms with van der Waals surface area (Å²) in [7, 11) is 0. The number of Topliss-reactive ketones (excluding diaryl/α,β-unsaturated/α-hetero) is 1. The molecule has 0 aromatic carbocycles. The molecule has 4 atom stereocenters. The zero-order chi connectivity index (χ0) is 17.5. The Hall–Kier alpha value is -0.700. The number of carbonyl (C=O) groups is 1. The van der Waals surface area contributed by atoms with E-state index in [9.17, 15) is 4.79 Å². The van der Waals surface area contributed by atoms with Crippen LogP contribution in [0.4, 0.5) is 0 Å². The molecule has 0 aromatic rings. The maximum Gasteiger partial charge on any atom is 0.133 e. The second-order valence-corrected chi connectivity index (χ2v) is 8.87. The van der Waals surface area contributed by atoms with Crippen molar-refractivity contribution < 1.29 is 4.79 Å². The van der Waals surface area contributed by atoms with Gasteiger partial charge in [0.2, 0.25) is 0 Å². The third kappa shape index (κ3) is 7.04. The minimum atomic E-state index is 0.426. The molecule has 2 fully saturated rings. The van der Waals surface area contributed by atoms with Gasteiger partial charge in [0.1, 0.15) is 5.78 Å². The lowest BCUT2D eigenvalue weighted by Crippen LogP contribution is -2.42. The van der Waals surface area contributed by atoms with Gasteiger partial charge in [0, 0.05) is 37.2 Å². The van der Waals surface area contributed by atoms with Gasteiger partial charge >= 0.3 is 0 Å². The van der Waals surface area contributed by atoms with Gasteiger partial charge in [-0.1, -0.05) is 20.8 Å². The van der Waals surface area contributed by atoms with Crippen LogP contribution in [0.5, 0.6) is 0 Å². The van der Waals surface area contributed by atoms with Crippen molar-refractivity contribution in [2.24, 2.45) is 22.7 Å². The van der Waals surface area contributed by atoms with Crippen LogP contribution >= 0.6 is 0 Å². The molecule has 0 aromatic heterocycles. The van der Waals surface area contributed by atoms with Crippen LogP contribution in [0, 0.1) is 17.8 Å². The van der Waals surface area contributed by atoms with Gasteiger partial charge in [-0.25, -0.2) is 0 Å². The van der Waals surface area contributed by atoms with Gasteiger partial charge in [0.15, 0.2) is 0 Å². The van der Waals surface area contributed by atoms with Crippen LogP contribution in [0.1, 0.15) is 85.5 Å². The first-order valence-corrected chi connectivity index (χ1v) is 10.2. The van der Waals surface area contributed by atoms with Crippen molar-refractivity contribution in [1.29, 1.82) is 0 Å². The third-order valence-electron chi connectivity index (χ3n) is 5.57. The molecule has 138 valence electrons. The molecule has 0 spiro atoms. The molecular formula is C21H38N2O. The van der Waals surface area contributed by atoms with Crippen molar-refractivity contribution in [2.45, 2.75) is 97.6 Å². The first kappa shape index (κ1) is 19.6. The molecule has 0 saturated heterocycles. The standard InChI is InChI=1S/C21H38N2O/c1-15(2)10-17(4)23-20-12-16(3)11-18(13-20)14-22-19-6-5-7-21(24)9-8-19/h15-18,20,23H,5-14H2,1-4H3/t16-,17?,18?,20?/m1/s1. The summed E-state index contributed by atoms with van der Waals surface area (Å²) in [6, 6.07) is 1.27. The van der Waals surface area contributed by atoms with Crippen molar-refractivity contribution in [3.63, 3.8) is 0 Å². The number of nitrogens with one attached hydrogen (secondary N) is 1. The molecule has 2 aliphatic rings. The van der Waals surface area contributed by atoms with Crippen LogP contribution in [0.3, 0.4) is 0 Å². The predicted octanol–water partition coefficient (Wildman–Crippen LogP) is 4.79. The maximum atomic E-state index is 11.5. The summed E-state index contributed by atoms with van der Waals surface area (Å²) in [5.41, 5.74) is 1.30. The summed E-state index contributed by atoms with van der Waals surface area (Å²) in [6.45, 7) is 10.3. The average Bonchev–Trinajstić information content (AvgIpc) is 2.68. The van der Waals surface area contributed by atoms with Gasteiger partial charge in [-0.3, -0.25) is 9.79 Å². The van der Waals surface area contributed by atoms with Crippen LogP contribution in [-0.2, 0) is 4.79 Å². The highest BCUT2D eigenvalue weighted by atomic mass is 16.1. The highest BCUT2D eigenvalue weighted by Gasteiger charge is 2.27. The molecule has 0 heterocycles. The van der Waals surface area contributed by atoms with Crippen LogP contribution < -0.4 is 5.32 Å².